The van der Waals surface area contributed by atoms with E-state index in [1.165, 1.54) is 5.75 Å². The Balaban J connectivity index is 2.07. The quantitative estimate of drug-likeness (QED) is 0.521. The first-order valence-electron chi connectivity index (χ1n) is 4.46. The maximum absolute atomic E-state index is 10.3. The molecule has 0 aromatic heterocycles. The van der Waals surface area contributed by atoms with E-state index in [-0.39, 0.29) is 5.54 Å². The van der Waals surface area contributed by atoms with Crippen molar-refractivity contribution in [2.45, 2.75) is 24.0 Å². The fraction of sp³-hybridized carbons (Fsp3) is 1.00. The highest BCUT2D eigenvalue weighted by Gasteiger charge is 2.51. The van der Waals surface area contributed by atoms with Crippen molar-refractivity contribution >= 4 is 11.8 Å². The number of hydrogen-bond donors (Lipinski definition) is 3. The SMILES string of the molecule is NC1(C2(O)CCCSC2)CNC1. The highest BCUT2D eigenvalue weighted by molar-refractivity contribution is 7.99. The molecule has 3 nitrogen and oxygen atoms in total. The molecule has 0 bridgehead atoms. The van der Waals surface area contributed by atoms with Gasteiger partial charge in [0.2, 0.25) is 0 Å². The smallest absolute Gasteiger partial charge is 0.0941 e. The molecule has 0 aromatic rings. The topological polar surface area (TPSA) is 58.3 Å². The monoisotopic (exact) mass is 188 g/mol. The van der Waals surface area contributed by atoms with Gasteiger partial charge in [0.15, 0.2) is 0 Å². The fourth-order valence-corrected chi connectivity index (χ4v) is 3.16. The Morgan fingerprint density at radius 1 is 1.42 bits per heavy atom. The highest BCUT2D eigenvalue weighted by Crippen LogP contribution is 2.35. The fourth-order valence-electron chi connectivity index (χ4n) is 1.90. The van der Waals surface area contributed by atoms with Crippen LogP contribution < -0.4 is 11.1 Å². The molecule has 4 heteroatoms. The van der Waals surface area contributed by atoms with Gasteiger partial charge in [-0.25, -0.2) is 0 Å². The Hall–Kier alpha value is 0.230. The average Bonchev–Trinajstić information content (AvgIpc) is 2.01. The van der Waals surface area contributed by atoms with Crippen molar-refractivity contribution in [2.24, 2.45) is 5.73 Å². The molecule has 2 rings (SSSR count). The van der Waals surface area contributed by atoms with E-state index in [4.69, 9.17) is 5.73 Å². The van der Waals surface area contributed by atoms with Crippen molar-refractivity contribution in [2.75, 3.05) is 24.6 Å². The molecule has 0 aliphatic carbocycles. The van der Waals surface area contributed by atoms with Gasteiger partial charge in [0.05, 0.1) is 11.1 Å². The first kappa shape index (κ1) is 8.81. The molecule has 2 fully saturated rings. The van der Waals surface area contributed by atoms with Gasteiger partial charge < -0.3 is 16.2 Å². The van der Waals surface area contributed by atoms with Crippen molar-refractivity contribution in [3.05, 3.63) is 0 Å². The summed E-state index contributed by atoms with van der Waals surface area (Å²) in [5.74, 6) is 1.98. The zero-order chi connectivity index (χ0) is 8.66. The normalized spacial score (nSPS) is 40.5. The van der Waals surface area contributed by atoms with Crippen LogP contribution in [-0.4, -0.2) is 40.8 Å². The Morgan fingerprint density at radius 2 is 2.17 bits per heavy atom. The second-order valence-corrected chi connectivity index (χ2v) is 5.05. The number of nitrogens with two attached hydrogens (primary N) is 1. The van der Waals surface area contributed by atoms with Crippen LogP contribution in [-0.2, 0) is 0 Å². The summed E-state index contributed by atoms with van der Waals surface area (Å²) in [5, 5.41) is 13.4. The minimum Gasteiger partial charge on any atom is -0.387 e. The zero-order valence-electron chi connectivity index (χ0n) is 7.18. The highest BCUT2D eigenvalue weighted by atomic mass is 32.2. The predicted octanol–water partition coefficient (Wildman–Crippen LogP) is -0.455. The summed E-state index contributed by atoms with van der Waals surface area (Å²) in [5.41, 5.74) is 5.13. The number of hydrogen-bond acceptors (Lipinski definition) is 4. The van der Waals surface area contributed by atoms with Gasteiger partial charge in [-0.15, -0.1) is 0 Å². The molecular formula is C8H16N2OS. The van der Waals surface area contributed by atoms with E-state index in [1.807, 2.05) is 11.8 Å². The van der Waals surface area contributed by atoms with Crippen molar-refractivity contribution < 1.29 is 5.11 Å². The van der Waals surface area contributed by atoms with E-state index in [9.17, 15) is 5.11 Å². The molecule has 4 N–H and O–H groups in total. The summed E-state index contributed by atoms with van der Waals surface area (Å²) in [7, 11) is 0. The molecule has 2 aliphatic heterocycles. The van der Waals surface area contributed by atoms with E-state index >= 15 is 0 Å². The van der Waals surface area contributed by atoms with Crippen LogP contribution in [0.2, 0.25) is 0 Å². The maximum atomic E-state index is 10.3. The van der Waals surface area contributed by atoms with Gasteiger partial charge in [0.25, 0.3) is 0 Å². The molecule has 12 heavy (non-hydrogen) atoms. The molecule has 0 amide bonds. The van der Waals surface area contributed by atoms with Gasteiger partial charge in [-0.1, -0.05) is 0 Å². The van der Waals surface area contributed by atoms with Crippen LogP contribution >= 0.6 is 11.8 Å². The van der Waals surface area contributed by atoms with E-state index in [0.717, 1.165) is 31.7 Å². The number of thioether (sulfide) groups is 1. The summed E-state index contributed by atoms with van der Waals surface area (Å²) in [6.45, 7) is 1.54. The van der Waals surface area contributed by atoms with Gasteiger partial charge in [0.1, 0.15) is 0 Å². The van der Waals surface area contributed by atoms with Crippen molar-refractivity contribution in [3.8, 4) is 0 Å². The first-order chi connectivity index (χ1) is 5.66. The summed E-state index contributed by atoms with van der Waals surface area (Å²) >= 11 is 1.82. The second kappa shape index (κ2) is 2.87. The molecule has 2 aliphatic rings. The molecule has 2 saturated heterocycles. The van der Waals surface area contributed by atoms with Crippen molar-refractivity contribution in [3.63, 3.8) is 0 Å². The molecule has 70 valence electrons. The third-order valence-corrected chi connectivity index (χ3v) is 4.29. The van der Waals surface area contributed by atoms with Gasteiger partial charge >= 0.3 is 0 Å². The molecule has 1 unspecified atom stereocenters. The minimum absolute atomic E-state index is 0.347. The molecule has 0 saturated carbocycles. The van der Waals surface area contributed by atoms with E-state index < -0.39 is 5.60 Å². The molecule has 2 heterocycles. The van der Waals surface area contributed by atoms with Crippen LogP contribution in [0.4, 0.5) is 0 Å². The summed E-state index contributed by atoms with van der Waals surface area (Å²) in [4.78, 5) is 0. The van der Waals surface area contributed by atoms with Gasteiger partial charge in [-0.3, -0.25) is 0 Å². The van der Waals surface area contributed by atoms with Gasteiger partial charge in [-0.05, 0) is 18.6 Å². The van der Waals surface area contributed by atoms with Crippen LogP contribution in [0.3, 0.4) is 0 Å². The Labute approximate surface area is 77.1 Å². The lowest BCUT2D eigenvalue weighted by Gasteiger charge is -2.52. The lowest BCUT2D eigenvalue weighted by atomic mass is 9.74. The molecule has 0 aromatic carbocycles. The average molecular weight is 188 g/mol. The zero-order valence-corrected chi connectivity index (χ0v) is 7.99. The van der Waals surface area contributed by atoms with Crippen LogP contribution in [0.15, 0.2) is 0 Å². The van der Waals surface area contributed by atoms with Gasteiger partial charge in [0, 0.05) is 18.8 Å². The third kappa shape index (κ3) is 1.18. The molecule has 0 radical (unpaired) electrons. The Morgan fingerprint density at radius 3 is 2.58 bits per heavy atom. The minimum atomic E-state index is -0.610. The van der Waals surface area contributed by atoms with Crippen molar-refractivity contribution in [1.82, 2.24) is 5.32 Å². The van der Waals surface area contributed by atoms with Crippen LogP contribution in [0.5, 0.6) is 0 Å². The van der Waals surface area contributed by atoms with Crippen LogP contribution in [0.1, 0.15) is 12.8 Å². The Bertz CT molecular complexity index is 176. The summed E-state index contributed by atoms with van der Waals surface area (Å²) in [6, 6.07) is 0. The van der Waals surface area contributed by atoms with Gasteiger partial charge in [-0.2, -0.15) is 11.8 Å². The van der Waals surface area contributed by atoms with E-state index in [1.54, 1.807) is 0 Å². The number of aliphatic hydroxyl groups is 1. The van der Waals surface area contributed by atoms with Crippen LogP contribution in [0.25, 0.3) is 0 Å². The second-order valence-electron chi connectivity index (χ2n) is 3.95. The molecular weight excluding hydrogens is 172 g/mol. The molecule has 1 atom stereocenters. The first-order valence-corrected chi connectivity index (χ1v) is 5.62. The van der Waals surface area contributed by atoms with Crippen LogP contribution in [0, 0.1) is 0 Å². The number of rotatable bonds is 1. The summed E-state index contributed by atoms with van der Waals surface area (Å²) < 4.78 is 0. The van der Waals surface area contributed by atoms with E-state index in [2.05, 4.69) is 5.32 Å². The lowest BCUT2D eigenvalue weighted by molar-refractivity contribution is -0.0475. The number of nitrogens with one attached hydrogen (secondary N) is 1. The molecule has 0 spiro atoms. The standard InChI is InChI=1S/C8H16N2OS/c9-7(4-10-5-7)8(11)2-1-3-12-6-8/h10-11H,1-6,9H2. The maximum Gasteiger partial charge on any atom is 0.0941 e. The van der Waals surface area contributed by atoms with Crippen molar-refractivity contribution in [1.29, 1.82) is 0 Å². The summed E-state index contributed by atoms with van der Waals surface area (Å²) in [6.07, 6.45) is 1.97. The Kier molecular flexibility index (Phi) is 2.11. The van der Waals surface area contributed by atoms with E-state index in [0.29, 0.717) is 0 Å². The largest absolute Gasteiger partial charge is 0.387 e. The third-order valence-electron chi connectivity index (χ3n) is 3.03. The lowest BCUT2D eigenvalue weighted by Crippen LogP contribution is -2.78. The predicted molar refractivity (Wildman–Crippen MR) is 51.3 cm³/mol.